The van der Waals surface area contributed by atoms with Gasteiger partial charge in [-0.15, -0.1) is 5.10 Å². The molecule has 1 aromatic carbocycles. The molecule has 0 unspecified atom stereocenters. The summed E-state index contributed by atoms with van der Waals surface area (Å²) in [7, 11) is -3.45. The lowest BCUT2D eigenvalue weighted by Crippen LogP contribution is -2.12. The molecular weight excluding hydrogens is 338 g/mol. The first-order valence-corrected chi connectivity index (χ1v) is 8.87. The largest absolute Gasteiger partial charge is 0.245 e. The summed E-state index contributed by atoms with van der Waals surface area (Å²) in [5.74, 6) is -0.164. The van der Waals surface area contributed by atoms with E-state index in [0.29, 0.717) is 11.3 Å². The predicted molar refractivity (Wildman–Crippen MR) is 84.7 cm³/mol. The Hall–Kier alpha value is -2.32. The zero-order valence-electron chi connectivity index (χ0n) is 11.9. The third-order valence-electron chi connectivity index (χ3n) is 3.06. The van der Waals surface area contributed by atoms with Crippen LogP contribution < -0.4 is 0 Å². The van der Waals surface area contributed by atoms with Gasteiger partial charge in [-0.2, -0.15) is 4.68 Å². The highest BCUT2D eigenvalue weighted by Crippen LogP contribution is 2.15. The Balaban J connectivity index is 1.83. The van der Waals surface area contributed by atoms with E-state index in [4.69, 9.17) is 11.6 Å². The van der Waals surface area contributed by atoms with E-state index in [1.807, 2.05) is 18.2 Å². The van der Waals surface area contributed by atoms with E-state index in [1.165, 1.54) is 16.9 Å². The zero-order valence-corrected chi connectivity index (χ0v) is 13.4. The number of hydrogen-bond donors (Lipinski definition) is 0. The highest BCUT2D eigenvalue weighted by atomic mass is 35.5. The van der Waals surface area contributed by atoms with Gasteiger partial charge in [-0.3, -0.25) is 0 Å². The molecule has 2 heterocycles. The summed E-state index contributed by atoms with van der Waals surface area (Å²) in [6.07, 6.45) is 1.47. The average molecular weight is 350 g/mol. The molecule has 7 nitrogen and oxygen atoms in total. The number of tetrazole rings is 1. The lowest BCUT2D eigenvalue weighted by atomic mass is 10.3. The molecule has 0 radical (unpaired) electrons. The molecular formula is C14H12ClN5O2S. The topological polar surface area (TPSA) is 90.6 Å². The summed E-state index contributed by atoms with van der Waals surface area (Å²) < 4.78 is 26.2. The fraction of sp³-hybridized carbons (Fsp3) is 0.143. The normalized spacial score (nSPS) is 11.5. The number of nitrogens with zero attached hydrogens (tertiary/aromatic N) is 5. The minimum atomic E-state index is -3.45. The summed E-state index contributed by atoms with van der Waals surface area (Å²) in [6, 6.07) is 12.3. The van der Waals surface area contributed by atoms with Crippen molar-refractivity contribution in [1.29, 1.82) is 0 Å². The van der Waals surface area contributed by atoms with Crippen LogP contribution in [0.2, 0.25) is 5.15 Å². The molecule has 0 aliphatic carbocycles. The Kier molecular flexibility index (Phi) is 4.35. The molecule has 0 fully saturated rings. The van der Waals surface area contributed by atoms with E-state index in [-0.39, 0.29) is 22.5 Å². The number of aromatic nitrogens is 5. The van der Waals surface area contributed by atoms with Crippen LogP contribution in [0.4, 0.5) is 0 Å². The van der Waals surface area contributed by atoms with E-state index < -0.39 is 9.84 Å². The van der Waals surface area contributed by atoms with Gasteiger partial charge in [0.25, 0.3) is 0 Å². The zero-order chi connectivity index (χ0) is 16.3. The van der Waals surface area contributed by atoms with E-state index in [9.17, 15) is 8.42 Å². The van der Waals surface area contributed by atoms with E-state index in [2.05, 4.69) is 20.5 Å². The molecule has 9 heteroatoms. The van der Waals surface area contributed by atoms with Crippen LogP contribution in [0.1, 0.15) is 11.4 Å². The molecule has 0 saturated carbocycles. The number of pyridine rings is 1. The molecule has 3 aromatic rings. The van der Waals surface area contributed by atoms with Crippen molar-refractivity contribution >= 4 is 21.4 Å². The first-order chi connectivity index (χ1) is 11.0. The Morgan fingerprint density at radius 1 is 1.09 bits per heavy atom. The lowest BCUT2D eigenvalue weighted by Gasteiger charge is -2.06. The van der Waals surface area contributed by atoms with Crippen molar-refractivity contribution in [3.63, 3.8) is 0 Å². The lowest BCUT2D eigenvalue weighted by molar-refractivity contribution is 0.592. The second kappa shape index (κ2) is 6.43. The average Bonchev–Trinajstić information content (AvgIpc) is 2.95. The number of sulfone groups is 1. The van der Waals surface area contributed by atoms with Gasteiger partial charge in [0.15, 0.2) is 15.7 Å². The van der Waals surface area contributed by atoms with Crippen LogP contribution in [0, 0.1) is 0 Å². The second-order valence-electron chi connectivity index (χ2n) is 4.86. The summed E-state index contributed by atoms with van der Waals surface area (Å²) in [5, 5.41) is 11.5. The van der Waals surface area contributed by atoms with Gasteiger partial charge < -0.3 is 0 Å². The minimum absolute atomic E-state index is 0.156. The first-order valence-electron chi connectivity index (χ1n) is 6.67. The number of benzene rings is 1. The van der Waals surface area contributed by atoms with E-state index >= 15 is 0 Å². The number of halogens is 1. The van der Waals surface area contributed by atoms with Gasteiger partial charge in [-0.1, -0.05) is 29.8 Å². The van der Waals surface area contributed by atoms with Gasteiger partial charge >= 0.3 is 0 Å². The van der Waals surface area contributed by atoms with Crippen molar-refractivity contribution in [3.8, 4) is 5.69 Å². The molecule has 0 amide bonds. The summed E-state index contributed by atoms with van der Waals surface area (Å²) >= 11 is 5.78. The van der Waals surface area contributed by atoms with Crippen LogP contribution in [-0.2, 0) is 21.3 Å². The molecule has 0 atom stereocenters. The second-order valence-corrected chi connectivity index (χ2v) is 7.31. The van der Waals surface area contributed by atoms with Crippen molar-refractivity contribution < 1.29 is 8.42 Å². The first kappa shape index (κ1) is 15.6. The number of para-hydroxylation sites is 1. The number of hydrogen-bond acceptors (Lipinski definition) is 6. The standard InChI is InChI=1S/C14H12ClN5O2S/c15-13-8-11(6-7-16-13)9-23(21,22)10-14-17-18-19-20(14)12-4-2-1-3-5-12/h1-8H,9-10H2. The third-order valence-corrected chi connectivity index (χ3v) is 4.74. The van der Waals surface area contributed by atoms with Crippen molar-refractivity contribution in [2.45, 2.75) is 11.5 Å². The Bertz CT molecular complexity index is 912. The molecule has 23 heavy (non-hydrogen) atoms. The third kappa shape index (κ3) is 3.91. The van der Waals surface area contributed by atoms with Gasteiger partial charge in [0.05, 0.1) is 11.4 Å². The van der Waals surface area contributed by atoms with E-state index in [1.54, 1.807) is 18.2 Å². The molecule has 0 bridgehead atoms. The van der Waals surface area contributed by atoms with Gasteiger partial charge in [-0.05, 0) is 40.3 Å². The SMILES string of the molecule is O=S(=O)(Cc1ccnc(Cl)c1)Cc1nnnn1-c1ccccc1. The van der Waals surface area contributed by atoms with Crippen LogP contribution in [0.25, 0.3) is 5.69 Å². The molecule has 0 spiro atoms. The molecule has 118 valence electrons. The molecule has 0 aliphatic rings. The van der Waals surface area contributed by atoms with Gasteiger partial charge in [0, 0.05) is 6.20 Å². The van der Waals surface area contributed by atoms with Crippen LogP contribution in [0.15, 0.2) is 48.7 Å². The van der Waals surface area contributed by atoms with Crippen LogP contribution in [0.5, 0.6) is 0 Å². The van der Waals surface area contributed by atoms with E-state index in [0.717, 1.165) is 0 Å². The predicted octanol–water partition coefficient (Wildman–Crippen LogP) is 1.83. The van der Waals surface area contributed by atoms with Crippen LogP contribution in [-0.4, -0.2) is 33.6 Å². The van der Waals surface area contributed by atoms with Gasteiger partial charge in [0.2, 0.25) is 0 Å². The maximum Gasteiger partial charge on any atom is 0.171 e. The molecule has 3 rings (SSSR count). The quantitative estimate of drug-likeness (QED) is 0.653. The maximum atomic E-state index is 12.4. The Morgan fingerprint density at radius 2 is 1.87 bits per heavy atom. The summed E-state index contributed by atoms with van der Waals surface area (Å²) in [6.45, 7) is 0. The maximum absolute atomic E-state index is 12.4. The molecule has 0 N–H and O–H groups in total. The van der Waals surface area contributed by atoms with Crippen molar-refractivity contribution in [1.82, 2.24) is 25.2 Å². The Morgan fingerprint density at radius 3 is 2.61 bits per heavy atom. The highest BCUT2D eigenvalue weighted by Gasteiger charge is 2.19. The van der Waals surface area contributed by atoms with Crippen molar-refractivity contribution in [3.05, 3.63) is 65.2 Å². The van der Waals surface area contributed by atoms with Gasteiger partial charge in [-0.25, -0.2) is 13.4 Å². The monoisotopic (exact) mass is 349 g/mol. The summed E-state index contributed by atoms with van der Waals surface area (Å²) in [4.78, 5) is 3.83. The Labute approximate surface area is 137 Å². The fourth-order valence-electron chi connectivity index (χ4n) is 2.10. The highest BCUT2D eigenvalue weighted by molar-refractivity contribution is 7.89. The van der Waals surface area contributed by atoms with Crippen LogP contribution in [0.3, 0.4) is 0 Å². The minimum Gasteiger partial charge on any atom is -0.245 e. The number of rotatable bonds is 5. The summed E-state index contributed by atoms with van der Waals surface area (Å²) in [5.41, 5.74) is 1.28. The molecule has 0 aliphatic heterocycles. The molecule has 2 aromatic heterocycles. The fourth-order valence-corrected chi connectivity index (χ4v) is 3.66. The van der Waals surface area contributed by atoms with Crippen molar-refractivity contribution in [2.75, 3.05) is 0 Å². The van der Waals surface area contributed by atoms with Crippen molar-refractivity contribution in [2.24, 2.45) is 0 Å². The smallest absolute Gasteiger partial charge is 0.171 e. The van der Waals surface area contributed by atoms with Crippen LogP contribution >= 0.6 is 11.6 Å². The van der Waals surface area contributed by atoms with Gasteiger partial charge in [0.1, 0.15) is 10.9 Å². The molecule has 0 saturated heterocycles.